The smallest absolute Gasteiger partial charge is 0.0860 e. The Kier molecular flexibility index (Phi) is 4.35. The topological polar surface area (TPSA) is 50.1 Å². The Balaban J connectivity index is 2.66. The summed E-state index contributed by atoms with van der Waals surface area (Å²) in [6.07, 6.45) is 0. The molecule has 0 aromatic carbocycles. The molecule has 0 amide bonds. The molecule has 0 atom stereocenters. The number of hydrogen-bond donors (Lipinski definition) is 2. The van der Waals surface area contributed by atoms with Crippen LogP contribution >= 0.6 is 11.6 Å². The van der Waals surface area contributed by atoms with Crippen LogP contribution < -0.4 is 5.32 Å². The Morgan fingerprint density at radius 1 is 1.50 bits per heavy atom. The molecule has 1 aromatic heterocycles. The third kappa shape index (κ3) is 3.47. The summed E-state index contributed by atoms with van der Waals surface area (Å²) in [6.45, 7) is 9.41. The van der Waals surface area contributed by atoms with Crippen molar-refractivity contribution in [3.05, 3.63) is 16.4 Å². The van der Waals surface area contributed by atoms with Crippen LogP contribution in [0, 0.1) is 6.92 Å². The third-order valence-corrected chi connectivity index (χ3v) is 2.79. The highest BCUT2D eigenvalue weighted by Crippen LogP contribution is 2.20. The number of aromatic nitrogens is 2. The summed E-state index contributed by atoms with van der Waals surface area (Å²) >= 11 is 6.16. The minimum Gasteiger partial charge on any atom is -0.389 e. The van der Waals surface area contributed by atoms with Crippen LogP contribution in [0.4, 0.5) is 0 Å². The lowest BCUT2D eigenvalue weighted by molar-refractivity contribution is 0.0793. The first kappa shape index (κ1) is 13.5. The van der Waals surface area contributed by atoms with Crippen LogP contribution in [0.2, 0.25) is 5.02 Å². The number of hydrogen-bond acceptors (Lipinski definition) is 3. The molecule has 16 heavy (non-hydrogen) atoms. The summed E-state index contributed by atoms with van der Waals surface area (Å²) in [6, 6.07) is 0. The van der Waals surface area contributed by atoms with Gasteiger partial charge < -0.3 is 10.4 Å². The van der Waals surface area contributed by atoms with Crippen molar-refractivity contribution in [3.8, 4) is 0 Å². The minimum atomic E-state index is -0.710. The second-order valence-corrected chi connectivity index (χ2v) is 4.96. The van der Waals surface area contributed by atoms with Crippen LogP contribution in [-0.2, 0) is 13.1 Å². The molecule has 0 aliphatic rings. The molecule has 0 fully saturated rings. The fraction of sp³-hybridized carbons (Fsp3) is 0.727. The molecule has 0 saturated heterocycles. The van der Waals surface area contributed by atoms with E-state index in [1.165, 1.54) is 0 Å². The van der Waals surface area contributed by atoms with Gasteiger partial charge in [0.2, 0.25) is 0 Å². The van der Waals surface area contributed by atoms with E-state index in [2.05, 4.69) is 10.4 Å². The summed E-state index contributed by atoms with van der Waals surface area (Å²) in [4.78, 5) is 0. The lowest BCUT2D eigenvalue weighted by atomic mass is 10.1. The fourth-order valence-electron chi connectivity index (χ4n) is 1.52. The number of nitrogens with one attached hydrogen (secondary N) is 1. The Morgan fingerprint density at radius 2 is 2.12 bits per heavy atom. The van der Waals surface area contributed by atoms with Crippen LogP contribution in [-0.4, -0.2) is 27.0 Å². The van der Waals surface area contributed by atoms with Crippen LogP contribution in [0.5, 0.6) is 0 Å². The molecule has 0 unspecified atom stereocenters. The standard InChI is InChI=1S/C11H20ClN3O/c1-5-15-9(10(12)8(2)14-15)6-13-7-11(3,4)16/h13,16H,5-7H2,1-4H3. The van der Waals surface area contributed by atoms with E-state index in [4.69, 9.17) is 11.6 Å². The van der Waals surface area contributed by atoms with Gasteiger partial charge in [-0.2, -0.15) is 5.10 Å². The molecule has 4 nitrogen and oxygen atoms in total. The summed E-state index contributed by atoms with van der Waals surface area (Å²) in [5.74, 6) is 0. The molecule has 0 bridgehead atoms. The van der Waals surface area contributed by atoms with E-state index in [1.807, 2.05) is 18.5 Å². The van der Waals surface area contributed by atoms with Gasteiger partial charge in [0, 0.05) is 19.6 Å². The van der Waals surface area contributed by atoms with E-state index < -0.39 is 5.60 Å². The monoisotopic (exact) mass is 245 g/mol. The zero-order valence-electron chi connectivity index (χ0n) is 10.3. The molecule has 1 aromatic rings. The van der Waals surface area contributed by atoms with Crippen molar-refractivity contribution in [2.75, 3.05) is 6.54 Å². The second-order valence-electron chi connectivity index (χ2n) is 4.58. The van der Waals surface area contributed by atoms with E-state index in [1.54, 1.807) is 13.8 Å². The van der Waals surface area contributed by atoms with Crippen molar-refractivity contribution in [2.24, 2.45) is 0 Å². The predicted molar refractivity (Wildman–Crippen MR) is 65.7 cm³/mol. The first-order valence-corrected chi connectivity index (χ1v) is 5.88. The van der Waals surface area contributed by atoms with Crippen molar-refractivity contribution in [1.82, 2.24) is 15.1 Å². The highest BCUT2D eigenvalue weighted by atomic mass is 35.5. The highest BCUT2D eigenvalue weighted by molar-refractivity contribution is 6.31. The van der Waals surface area contributed by atoms with Crippen molar-refractivity contribution in [1.29, 1.82) is 0 Å². The summed E-state index contributed by atoms with van der Waals surface area (Å²) in [5, 5.41) is 17.8. The van der Waals surface area contributed by atoms with E-state index in [0.717, 1.165) is 17.9 Å². The van der Waals surface area contributed by atoms with E-state index >= 15 is 0 Å². The highest BCUT2D eigenvalue weighted by Gasteiger charge is 2.15. The Bertz CT molecular complexity index is 355. The third-order valence-electron chi connectivity index (χ3n) is 2.30. The van der Waals surface area contributed by atoms with Crippen LogP contribution in [0.15, 0.2) is 0 Å². The molecule has 0 spiro atoms. The zero-order chi connectivity index (χ0) is 12.3. The molecular weight excluding hydrogens is 226 g/mol. The maximum Gasteiger partial charge on any atom is 0.0860 e. The van der Waals surface area contributed by atoms with Gasteiger partial charge in [-0.15, -0.1) is 0 Å². The van der Waals surface area contributed by atoms with Gasteiger partial charge in [0.25, 0.3) is 0 Å². The van der Waals surface area contributed by atoms with Gasteiger partial charge in [-0.3, -0.25) is 4.68 Å². The largest absolute Gasteiger partial charge is 0.389 e. The second kappa shape index (κ2) is 5.17. The first-order chi connectivity index (χ1) is 7.35. The van der Waals surface area contributed by atoms with Crippen molar-refractivity contribution >= 4 is 11.6 Å². The number of nitrogens with zero attached hydrogens (tertiary/aromatic N) is 2. The van der Waals surface area contributed by atoms with Gasteiger partial charge >= 0.3 is 0 Å². The van der Waals surface area contributed by atoms with E-state index in [0.29, 0.717) is 18.1 Å². The minimum absolute atomic E-state index is 0.525. The average molecular weight is 246 g/mol. The van der Waals surface area contributed by atoms with Crippen molar-refractivity contribution in [2.45, 2.75) is 46.4 Å². The zero-order valence-corrected chi connectivity index (χ0v) is 11.1. The predicted octanol–water partition coefficient (Wildman–Crippen LogP) is 1.73. The maximum absolute atomic E-state index is 9.58. The maximum atomic E-state index is 9.58. The number of aliphatic hydroxyl groups is 1. The van der Waals surface area contributed by atoms with E-state index in [9.17, 15) is 5.11 Å². The number of halogens is 1. The van der Waals surface area contributed by atoms with E-state index in [-0.39, 0.29) is 0 Å². The SMILES string of the molecule is CCn1nc(C)c(Cl)c1CNCC(C)(C)O. The van der Waals surface area contributed by atoms with Gasteiger partial charge in [0.1, 0.15) is 0 Å². The molecule has 5 heteroatoms. The molecule has 1 heterocycles. The molecule has 1 rings (SSSR count). The van der Waals surface area contributed by atoms with Crippen molar-refractivity contribution < 1.29 is 5.11 Å². The Labute approximate surface area is 102 Å². The van der Waals surface area contributed by atoms with Gasteiger partial charge in [-0.05, 0) is 27.7 Å². The molecule has 0 radical (unpaired) electrons. The van der Waals surface area contributed by atoms with Crippen LogP contribution in [0.3, 0.4) is 0 Å². The quantitative estimate of drug-likeness (QED) is 0.831. The molecule has 0 aliphatic heterocycles. The lowest BCUT2D eigenvalue weighted by Gasteiger charge is -2.17. The number of aryl methyl sites for hydroxylation is 2. The van der Waals surface area contributed by atoms with Crippen LogP contribution in [0.25, 0.3) is 0 Å². The molecular formula is C11H20ClN3O. The summed E-state index contributed by atoms with van der Waals surface area (Å²) < 4.78 is 1.88. The van der Waals surface area contributed by atoms with Crippen LogP contribution in [0.1, 0.15) is 32.2 Å². The van der Waals surface area contributed by atoms with Crippen molar-refractivity contribution in [3.63, 3.8) is 0 Å². The lowest BCUT2D eigenvalue weighted by Crippen LogP contribution is -2.34. The summed E-state index contributed by atoms with van der Waals surface area (Å²) in [5.41, 5.74) is 1.12. The summed E-state index contributed by atoms with van der Waals surface area (Å²) in [7, 11) is 0. The average Bonchev–Trinajstić information content (AvgIpc) is 2.43. The fourth-order valence-corrected chi connectivity index (χ4v) is 1.73. The van der Waals surface area contributed by atoms with Gasteiger partial charge in [-0.25, -0.2) is 0 Å². The molecule has 92 valence electrons. The molecule has 0 saturated carbocycles. The van der Waals surface area contributed by atoms with Gasteiger partial charge in [0.15, 0.2) is 0 Å². The first-order valence-electron chi connectivity index (χ1n) is 5.50. The normalized spacial score (nSPS) is 12.1. The molecule has 0 aliphatic carbocycles. The Hall–Kier alpha value is -0.580. The molecule has 2 N–H and O–H groups in total. The Morgan fingerprint density at radius 3 is 2.62 bits per heavy atom. The van der Waals surface area contributed by atoms with Gasteiger partial charge in [-0.1, -0.05) is 11.6 Å². The number of rotatable bonds is 5. The van der Waals surface area contributed by atoms with Gasteiger partial charge in [0.05, 0.1) is 22.0 Å².